The quantitative estimate of drug-likeness (QED) is 0.808. The molecule has 26 heavy (non-hydrogen) atoms. The number of hydrogen-bond donors (Lipinski definition) is 2. The van der Waals surface area contributed by atoms with Gasteiger partial charge in [0.25, 0.3) is 11.1 Å². The monoisotopic (exact) mass is 368 g/mol. The molecule has 0 aromatic heterocycles. The summed E-state index contributed by atoms with van der Waals surface area (Å²) in [6, 6.07) is 13.7. The van der Waals surface area contributed by atoms with E-state index in [9.17, 15) is 19.5 Å². The lowest BCUT2D eigenvalue weighted by atomic mass is 10.2. The molecule has 1 saturated heterocycles. The Labute approximate surface area is 154 Å². The zero-order chi connectivity index (χ0) is 18.7. The Morgan fingerprint density at radius 3 is 2.58 bits per heavy atom. The summed E-state index contributed by atoms with van der Waals surface area (Å²) in [4.78, 5) is 37.8. The Morgan fingerprint density at radius 1 is 1.15 bits per heavy atom. The van der Waals surface area contributed by atoms with Gasteiger partial charge in [0.1, 0.15) is 12.3 Å². The first-order valence-corrected chi connectivity index (χ1v) is 8.66. The zero-order valence-electron chi connectivity index (χ0n) is 13.9. The maximum atomic E-state index is 12.4. The van der Waals surface area contributed by atoms with Gasteiger partial charge >= 0.3 is 0 Å². The van der Waals surface area contributed by atoms with Crippen molar-refractivity contribution < 1.29 is 19.5 Å². The summed E-state index contributed by atoms with van der Waals surface area (Å²) < 4.78 is 0. The maximum Gasteiger partial charge on any atom is 0.294 e. The Hall–Kier alpha value is -3.06. The van der Waals surface area contributed by atoms with E-state index in [2.05, 4.69) is 5.32 Å². The van der Waals surface area contributed by atoms with E-state index in [0.717, 1.165) is 22.2 Å². The predicted molar refractivity (Wildman–Crippen MR) is 101 cm³/mol. The van der Waals surface area contributed by atoms with Crippen molar-refractivity contribution in [2.75, 3.05) is 11.9 Å². The molecule has 2 aromatic carbocycles. The molecule has 7 heteroatoms. The molecule has 0 radical (unpaired) electrons. The van der Waals surface area contributed by atoms with Gasteiger partial charge in [-0.05, 0) is 42.5 Å². The molecule has 0 spiro atoms. The number of amides is 3. The number of anilines is 1. The van der Waals surface area contributed by atoms with Gasteiger partial charge in [-0.3, -0.25) is 19.3 Å². The molecule has 0 aliphatic carbocycles. The van der Waals surface area contributed by atoms with Gasteiger partial charge in [-0.15, -0.1) is 0 Å². The molecule has 0 atom stereocenters. The third kappa shape index (κ3) is 3.78. The Morgan fingerprint density at radius 2 is 1.85 bits per heavy atom. The van der Waals surface area contributed by atoms with Crippen molar-refractivity contribution in [3.8, 4) is 5.75 Å². The minimum absolute atomic E-state index is 0.0107. The van der Waals surface area contributed by atoms with Crippen LogP contribution < -0.4 is 5.32 Å². The summed E-state index contributed by atoms with van der Waals surface area (Å²) in [6.07, 6.45) is 1.44. The van der Waals surface area contributed by atoms with Crippen LogP contribution in [0.15, 0.2) is 53.4 Å². The molecule has 1 aliphatic heterocycles. The van der Waals surface area contributed by atoms with Crippen molar-refractivity contribution in [2.45, 2.75) is 6.92 Å². The van der Waals surface area contributed by atoms with Gasteiger partial charge in [0.05, 0.1) is 4.91 Å². The fourth-order valence-corrected chi connectivity index (χ4v) is 3.26. The molecule has 1 heterocycles. The van der Waals surface area contributed by atoms with Crippen LogP contribution >= 0.6 is 11.8 Å². The normalized spacial score (nSPS) is 15.6. The van der Waals surface area contributed by atoms with Crippen LogP contribution in [0.4, 0.5) is 10.5 Å². The molecule has 0 saturated carbocycles. The number of nitrogens with one attached hydrogen (secondary N) is 1. The molecule has 2 N–H and O–H groups in total. The number of thioether (sulfide) groups is 1. The molecular weight excluding hydrogens is 352 g/mol. The Balaban J connectivity index is 1.72. The summed E-state index contributed by atoms with van der Waals surface area (Å²) >= 11 is 0.744. The number of hydrogen-bond acceptors (Lipinski definition) is 5. The number of aromatic hydroxyl groups is 1. The number of phenolic OH excluding ortho intramolecular Hbond substituents is 1. The summed E-state index contributed by atoms with van der Waals surface area (Å²) in [7, 11) is 0. The highest BCUT2D eigenvalue weighted by Crippen LogP contribution is 2.33. The van der Waals surface area contributed by atoms with Crippen molar-refractivity contribution in [1.29, 1.82) is 0 Å². The molecule has 3 rings (SSSR count). The Kier molecular flexibility index (Phi) is 5.09. The molecule has 0 unspecified atom stereocenters. The molecular formula is C19H16N2O4S. The molecule has 2 aromatic rings. The molecule has 1 aliphatic rings. The van der Waals surface area contributed by atoms with E-state index in [-0.39, 0.29) is 17.2 Å². The van der Waals surface area contributed by atoms with Crippen molar-refractivity contribution in [2.24, 2.45) is 0 Å². The summed E-state index contributed by atoms with van der Waals surface area (Å²) in [5, 5.41) is 12.0. The third-order valence-corrected chi connectivity index (χ3v) is 4.73. The van der Waals surface area contributed by atoms with Crippen LogP contribution in [0.5, 0.6) is 5.75 Å². The van der Waals surface area contributed by atoms with Gasteiger partial charge in [-0.1, -0.05) is 36.4 Å². The fraction of sp³-hybridized carbons (Fsp3) is 0.105. The highest BCUT2D eigenvalue weighted by atomic mass is 32.2. The number of phenols is 1. The lowest BCUT2D eigenvalue weighted by molar-refractivity contribution is -0.127. The van der Waals surface area contributed by atoms with E-state index in [0.29, 0.717) is 11.3 Å². The van der Waals surface area contributed by atoms with Crippen molar-refractivity contribution in [1.82, 2.24) is 4.90 Å². The van der Waals surface area contributed by atoms with Crippen molar-refractivity contribution in [3.05, 3.63) is 64.6 Å². The average molecular weight is 368 g/mol. The van der Waals surface area contributed by atoms with Gasteiger partial charge in [0, 0.05) is 11.3 Å². The molecule has 0 bridgehead atoms. The van der Waals surface area contributed by atoms with Gasteiger partial charge < -0.3 is 10.4 Å². The van der Waals surface area contributed by atoms with Crippen LogP contribution in [0.25, 0.3) is 6.08 Å². The largest absolute Gasteiger partial charge is 0.507 e. The summed E-state index contributed by atoms with van der Waals surface area (Å²) in [5.74, 6) is -0.995. The number of rotatable bonds is 4. The fourth-order valence-electron chi connectivity index (χ4n) is 2.43. The third-order valence-electron chi connectivity index (χ3n) is 3.82. The lowest BCUT2D eigenvalue weighted by Crippen LogP contribution is -2.36. The Bertz CT molecular complexity index is 923. The van der Waals surface area contributed by atoms with E-state index in [1.807, 2.05) is 19.1 Å². The molecule has 1 fully saturated rings. The number of carbonyl (C=O) groups excluding carboxylic acids is 3. The predicted octanol–water partition coefficient (Wildman–Crippen LogP) is 3.38. The number of para-hydroxylation sites is 2. The first kappa shape index (κ1) is 17.8. The highest BCUT2D eigenvalue weighted by Gasteiger charge is 2.36. The smallest absolute Gasteiger partial charge is 0.294 e. The zero-order valence-corrected chi connectivity index (χ0v) is 14.7. The second-order valence-corrected chi connectivity index (χ2v) is 6.68. The first-order valence-electron chi connectivity index (χ1n) is 7.84. The standard InChI is InChI=1S/C19H16N2O4S/c1-12-6-2-4-8-14(12)20-17(23)11-21-18(24)16(26-19(21)25)10-13-7-3-5-9-15(13)22/h2-10,22H,11H2,1H3,(H,20,23)/b16-10-. The molecule has 6 nitrogen and oxygen atoms in total. The average Bonchev–Trinajstić information content (AvgIpc) is 2.86. The summed E-state index contributed by atoms with van der Waals surface area (Å²) in [5.41, 5.74) is 1.95. The van der Waals surface area contributed by atoms with Crippen LogP contribution in [0, 0.1) is 6.92 Å². The van der Waals surface area contributed by atoms with Crippen LogP contribution in [0.3, 0.4) is 0 Å². The number of nitrogens with zero attached hydrogens (tertiary/aromatic N) is 1. The minimum Gasteiger partial charge on any atom is -0.507 e. The minimum atomic E-state index is -0.553. The van der Waals surface area contributed by atoms with Crippen molar-refractivity contribution in [3.63, 3.8) is 0 Å². The van der Waals surface area contributed by atoms with E-state index in [1.54, 1.807) is 30.3 Å². The van der Waals surface area contributed by atoms with Crippen LogP contribution in [-0.4, -0.2) is 33.6 Å². The second-order valence-electron chi connectivity index (χ2n) is 5.69. The van der Waals surface area contributed by atoms with Gasteiger partial charge in [0.15, 0.2) is 0 Å². The van der Waals surface area contributed by atoms with Gasteiger partial charge in [-0.2, -0.15) is 0 Å². The van der Waals surface area contributed by atoms with E-state index in [1.165, 1.54) is 12.1 Å². The molecule has 132 valence electrons. The number of carbonyl (C=O) groups is 3. The van der Waals surface area contributed by atoms with E-state index in [4.69, 9.17) is 0 Å². The second kappa shape index (κ2) is 7.45. The van der Waals surface area contributed by atoms with E-state index < -0.39 is 17.1 Å². The van der Waals surface area contributed by atoms with E-state index >= 15 is 0 Å². The lowest BCUT2D eigenvalue weighted by Gasteiger charge is -2.13. The SMILES string of the molecule is Cc1ccccc1NC(=O)CN1C(=O)S/C(=C\c2ccccc2O)C1=O. The van der Waals surface area contributed by atoms with Crippen LogP contribution in [0.2, 0.25) is 0 Å². The maximum absolute atomic E-state index is 12.4. The molecule has 3 amide bonds. The number of aryl methyl sites for hydroxylation is 1. The number of imide groups is 1. The number of benzene rings is 2. The summed E-state index contributed by atoms with van der Waals surface area (Å²) in [6.45, 7) is 1.49. The van der Waals surface area contributed by atoms with Crippen molar-refractivity contribution >= 4 is 40.6 Å². The van der Waals surface area contributed by atoms with Gasteiger partial charge in [-0.25, -0.2) is 0 Å². The first-order chi connectivity index (χ1) is 12.5. The van der Waals surface area contributed by atoms with Gasteiger partial charge in [0.2, 0.25) is 5.91 Å². The van der Waals surface area contributed by atoms with Crippen LogP contribution in [-0.2, 0) is 9.59 Å². The highest BCUT2D eigenvalue weighted by molar-refractivity contribution is 8.18. The topological polar surface area (TPSA) is 86.7 Å². The van der Waals surface area contributed by atoms with Crippen LogP contribution in [0.1, 0.15) is 11.1 Å².